The van der Waals surface area contributed by atoms with E-state index >= 15 is 0 Å². The Balaban J connectivity index is 1.57. The number of aliphatic hydroxyl groups excluding tert-OH is 1. The van der Waals surface area contributed by atoms with E-state index in [2.05, 4.69) is 20.3 Å². The van der Waals surface area contributed by atoms with Crippen LogP contribution in [0.25, 0.3) is 10.9 Å². The van der Waals surface area contributed by atoms with E-state index in [0.717, 1.165) is 5.39 Å². The lowest BCUT2D eigenvalue weighted by molar-refractivity contribution is 0.231. The molecule has 160 valence electrons. The molecule has 0 saturated heterocycles. The van der Waals surface area contributed by atoms with Crippen LogP contribution in [0.5, 0.6) is 0 Å². The van der Waals surface area contributed by atoms with Gasteiger partial charge in [-0.05, 0) is 36.8 Å². The Morgan fingerprint density at radius 1 is 1.29 bits per heavy atom. The number of pyridine rings is 2. The topological polar surface area (TPSA) is 96.4 Å². The van der Waals surface area contributed by atoms with Gasteiger partial charge in [0.1, 0.15) is 23.5 Å². The number of amidine groups is 1. The molecule has 1 aliphatic carbocycles. The molecule has 0 amide bonds. The maximum Gasteiger partial charge on any atom is 0.156 e. The highest BCUT2D eigenvalue weighted by Gasteiger charge is 2.68. The van der Waals surface area contributed by atoms with Crippen LogP contribution < -0.4 is 11.1 Å². The number of alkyl halides is 1. The minimum atomic E-state index is -1.47. The maximum absolute atomic E-state index is 15.0. The van der Waals surface area contributed by atoms with Crippen molar-refractivity contribution in [1.29, 1.82) is 0 Å². The summed E-state index contributed by atoms with van der Waals surface area (Å²) in [5.74, 6) is -0.475. The fourth-order valence-corrected chi connectivity index (χ4v) is 5.80. The molecule has 1 fully saturated rings. The summed E-state index contributed by atoms with van der Waals surface area (Å²) in [6.45, 7) is -1.10. The second-order valence-electron chi connectivity index (χ2n) is 7.79. The van der Waals surface area contributed by atoms with Gasteiger partial charge in [0, 0.05) is 34.9 Å². The first-order chi connectivity index (χ1) is 14.9. The molecule has 6 nitrogen and oxygen atoms in total. The van der Waals surface area contributed by atoms with Gasteiger partial charge < -0.3 is 16.2 Å². The van der Waals surface area contributed by atoms with Crippen molar-refractivity contribution in [2.75, 3.05) is 18.6 Å². The van der Waals surface area contributed by atoms with E-state index in [9.17, 15) is 13.9 Å². The van der Waals surface area contributed by atoms with Crippen LogP contribution in [0.1, 0.15) is 12.0 Å². The number of fused-ring (bicyclic) bond motifs is 2. The van der Waals surface area contributed by atoms with Gasteiger partial charge in [-0.3, -0.25) is 4.98 Å². The number of aliphatic imine (C=N–C) groups is 1. The number of hydrogen-bond acceptors (Lipinski definition) is 7. The molecule has 5 rings (SSSR count). The molecular formula is C21H18ClF2N5OS. The highest BCUT2D eigenvalue weighted by Crippen LogP contribution is 2.65. The quantitative estimate of drug-likeness (QED) is 0.528. The number of anilines is 2. The fourth-order valence-electron chi connectivity index (χ4n) is 4.36. The fraction of sp³-hybridized carbons (Fsp3) is 0.286. The van der Waals surface area contributed by atoms with E-state index in [1.807, 2.05) is 0 Å². The lowest BCUT2D eigenvalue weighted by Crippen LogP contribution is -2.41. The molecule has 1 aromatic carbocycles. The molecule has 0 unspecified atom stereocenters. The summed E-state index contributed by atoms with van der Waals surface area (Å²) < 4.78 is 28.8. The zero-order valence-electron chi connectivity index (χ0n) is 16.1. The number of halogens is 3. The van der Waals surface area contributed by atoms with Crippen molar-refractivity contribution in [2.24, 2.45) is 16.6 Å². The predicted molar refractivity (Wildman–Crippen MR) is 119 cm³/mol. The number of benzene rings is 1. The number of nitrogens with one attached hydrogen (secondary N) is 1. The van der Waals surface area contributed by atoms with E-state index in [1.165, 1.54) is 36.2 Å². The third kappa shape index (κ3) is 3.22. The third-order valence-corrected chi connectivity index (χ3v) is 7.45. The van der Waals surface area contributed by atoms with Crippen LogP contribution in [0.2, 0.25) is 5.02 Å². The monoisotopic (exact) mass is 461 g/mol. The molecule has 2 aliphatic rings. The normalized spacial score (nSPS) is 27.0. The van der Waals surface area contributed by atoms with Gasteiger partial charge in [-0.15, -0.1) is 0 Å². The number of nitrogens with two attached hydrogens (primary N) is 1. The van der Waals surface area contributed by atoms with E-state index in [4.69, 9.17) is 17.3 Å². The molecular weight excluding hydrogens is 444 g/mol. The zero-order chi connectivity index (χ0) is 21.8. The second kappa shape index (κ2) is 7.29. The Bertz CT molecular complexity index is 1230. The molecule has 4 N–H and O–H groups in total. The first kappa shape index (κ1) is 20.4. The van der Waals surface area contributed by atoms with E-state index < -0.39 is 22.8 Å². The Labute approximate surface area is 185 Å². The molecule has 0 spiro atoms. The minimum absolute atomic E-state index is 0.0971. The van der Waals surface area contributed by atoms with Gasteiger partial charge in [0.15, 0.2) is 11.0 Å². The van der Waals surface area contributed by atoms with Crippen molar-refractivity contribution in [3.63, 3.8) is 0 Å². The van der Waals surface area contributed by atoms with Crippen LogP contribution in [0.15, 0.2) is 47.7 Å². The van der Waals surface area contributed by atoms with Gasteiger partial charge >= 0.3 is 0 Å². The van der Waals surface area contributed by atoms with Gasteiger partial charge in [-0.2, -0.15) is 0 Å². The maximum atomic E-state index is 15.0. The smallest absolute Gasteiger partial charge is 0.156 e. The van der Waals surface area contributed by atoms with Crippen molar-refractivity contribution in [1.82, 2.24) is 9.97 Å². The van der Waals surface area contributed by atoms with Gasteiger partial charge in [0.25, 0.3) is 0 Å². The summed E-state index contributed by atoms with van der Waals surface area (Å²) in [5.41, 5.74) is 5.67. The van der Waals surface area contributed by atoms with Crippen LogP contribution >= 0.6 is 23.4 Å². The van der Waals surface area contributed by atoms with E-state index in [0.29, 0.717) is 28.5 Å². The SMILES string of the molecule is NC1=N[C@](CF)(c2cc(Nc3nccc4cc(Cl)cnc34)ccc2F)[C@@H]2C[C@]2(CO)S1. The van der Waals surface area contributed by atoms with Crippen LogP contribution in [0.3, 0.4) is 0 Å². The molecule has 3 heterocycles. The van der Waals surface area contributed by atoms with Crippen molar-refractivity contribution < 1.29 is 13.9 Å². The average Bonchev–Trinajstić information content (AvgIpc) is 3.50. The van der Waals surface area contributed by atoms with Gasteiger partial charge in [-0.25, -0.2) is 18.8 Å². The van der Waals surface area contributed by atoms with Gasteiger partial charge in [-0.1, -0.05) is 23.4 Å². The summed E-state index contributed by atoms with van der Waals surface area (Å²) >= 11 is 7.25. The Kier molecular flexibility index (Phi) is 4.80. The molecule has 1 aliphatic heterocycles. The van der Waals surface area contributed by atoms with E-state index in [1.54, 1.807) is 18.3 Å². The molecule has 0 radical (unpaired) electrons. The molecule has 10 heteroatoms. The molecule has 3 aromatic rings. The number of aromatic nitrogens is 2. The van der Waals surface area contributed by atoms with Crippen LogP contribution in [0.4, 0.5) is 20.3 Å². The number of rotatable bonds is 5. The molecule has 31 heavy (non-hydrogen) atoms. The predicted octanol–water partition coefficient (Wildman–Crippen LogP) is 4.14. The van der Waals surface area contributed by atoms with Crippen molar-refractivity contribution >= 4 is 50.9 Å². The lowest BCUT2D eigenvalue weighted by atomic mass is 9.84. The second-order valence-corrected chi connectivity index (χ2v) is 9.67. The summed E-state index contributed by atoms with van der Waals surface area (Å²) in [4.78, 5) is 13.0. The van der Waals surface area contributed by atoms with Crippen molar-refractivity contribution in [3.8, 4) is 0 Å². The van der Waals surface area contributed by atoms with Gasteiger partial charge in [0.05, 0.1) is 16.4 Å². The highest BCUT2D eigenvalue weighted by atomic mass is 35.5. The molecule has 3 atom stereocenters. The van der Waals surface area contributed by atoms with Crippen LogP contribution in [0, 0.1) is 11.7 Å². The first-order valence-electron chi connectivity index (χ1n) is 9.59. The number of nitrogens with zero attached hydrogens (tertiary/aromatic N) is 3. The third-order valence-electron chi connectivity index (χ3n) is 5.95. The Hall–Kier alpha value is -2.49. The summed E-state index contributed by atoms with van der Waals surface area (Å²) in [5, 5.41) is 14.4. The zero-order valence-corrected chi connectivity index (χ0v) is 17.7. The average molecular weight is 462 g/mol. The number of aliphatic hydroxyl groups is 1. The Morgan fingerprint density at radius 3 is 2.90 bits per heavy atom. The van der Waals surface area contributed by atoms with Crippen molar-refractivity contribution in [2.45, 2.75) is 16.7 Å². The number of thioether (sulfide) groups is 1. The van der Waals surface area contributed by atoms with Crippen LogP contribution in [-0.4, -0.2) is 38.3 Å². The summed E-state index contributed by atoms with van der Waals surface area (Å²) in [7, 11) is 0. The largest absolute Gasteiger partial charge is 0.395 e. The lowest BCUT2D eigenvalue weighted by Gasteiger charge is -2.34. The molecule has 2 aromatic heterocycles. The highest BCUT2D eigenvalue weighted by molar-refractivity contribution is 8.15. The molecule has 1 saturated carbocycles. The summed E-state index contributed by atoms with van der Waals surface area (Å²) in [6, 6.07) is 7.88. The van der Waals surface area contributed by atoms with Crippen LogP contribution in [-0.2, 0) is 5.54 Å². The first-order valence-corrected chi connectivity index (χ1v) is 10.8. The minimum Gasteiger partial charge on any atom is -0.395 e. The standard InChI is InChI=1S/C21H18ClF2N5OS/c22-12-5-11-3-4-26-18(17(11)27-8-12)28-13-1-2-15(24)14(6-13)21(9-23)16-7-20(16,10-30)31-19(25)29-21/h1-6,8,16,30H,7,9-10H2,(H2,25,29)(H,26,28)/t16-,20-,21-/m1/s1. The Morgan fingerprint density at radius 2 is 2.13 bits per heavy atom. The molecule has 0 bridgehead atoms. The van der Waals surface area contributed by atoms with E-state index in [-0.39, 0.29) is 23.3 Å². The van der Waals surface area contributed by atoms with Gasteiger partial charge in [0.2, 0.25) is 0 Å². The van der Waals surface area contributed by atoms with Crippen molar-refractivity contribution in [3.05, 3.63) is 59.1 Å². The summed E-state index contributed by atoms with van der Waals surface area (Å²) in [6.07, 6.45) is 3.64. The number of hydrogen-bond donors (Lipinski definition) is 3.